The average molecular weight is 424 g/mol. The molecular weight excluding hydrogens is 396 g/mol. The summed E-state index contributed by atoms with van der Waals surface area (Å²) in [5.74, 6) is -0.830. The average Bonchev–Trinajstić information content (AvgIpc) is 3.21. The summed E-state index contributed by atoms with van der Waals surface area (Å²) in [6.45, 7) is 3.00. The van der Waals surface area contributed by atoms with Crippen LogP contribution >= 0.6 is 0 Å². The van der Waals surface area contributed by atoms with E-state index in [0.29, 0.717) is 11.4 Å². The number of nitrogens with zero attached hydrogens (tertiary/aromatic N) is 1. The predicted molar refractivity (Wildman–Crippen MR) is 117 cm³/mol. The van der Waals surface area contributed by atoms with Gasteiger partial charge < -0.3 is 19.7 Å². The Morgan fingerprint density at radius 1 is 1.06 bits per heavy atom. The van der Waals surface area contributed by atoms with Crippen LogP contribution in [0.25, 0.3) is 0 Å². The number of nitrogens with one attached hydrogen (secondary N) is 1. The maximum absolute atomic E-state index is 12.4. The third-order valence-electron chi connectivity index (χ3n) is 5.17. The summed E-state index contributed by atoms with van der Waals surface area (Å²) in [7, 11) is 1.49. The zero-order valence-electron chi connectivity index (χ0n) is 18.1. The molecule has 2 aromatic rings. The number of amides is 2. The molecule has 0 aromatic heterocycles. The fourth-order valence-electron chi connectivity index (χ4n) is 3.50. The lowest BCUT2D eigenvalue weighted by Gasteiger charge is -2.21. The first-order valence-electron chi connectivity index (χ1n) is 10.4. The fraction of sp³-hybridized carbons (Fsp3) is 0.375. The second-order valence-corrected chi connectivity index (χ2v) is 7.81. The predicted octanol–water partition coefficient (Wildman–Crippen LogP) is 2.89. The summed E-state index contributed by atoms with van der Waals surface area (Å²) in [6.07, 6.45) is 2.21. The van der Waals surface area contributed by atoms with Gasteiger partial charge in [0.2, 0.25) is 5.91 Å². The van der Waals surface area contributed by atoms with Crippen molar-refractivity contribution in [1.29, 1.82) is 0 Å². The van der Waals surface area contributed by atoms with Crippen LogP contribution in [0.1, 0.15) is 30.0 Å². The van der Waals surface area contributed by atoms with E-state index in [4.69, 9.17) is 9.47 Å². The Morgan fingerprint density at radius 2 is 1.77 bits per heavy atom. The molecule has 1 atom stereocenters. The number of hydrogen-bond donors (Lipinski definition) is 1. The van der Waals surface area contributed by atoms with Gasteiger partial charge in [0.1, 0.15) is 5.75 Å². The summed E-state index contributed by atoms with van der Waals surface area (Å²) in [5, 5.41) is 2.73. The van der Waals surface area contributed by atoms with E-state index in [1.807, 2.05) is 37.3 Å². The Morgan fingerprint density at radius 3 is 2.52 bits per heavy atom. The quantitative estimate of drug-likeness (QED) is 0.659. The largest absolute Gasteiger partial charge is 0.482 e. The van der Waals surface area contributed by atoms with Gasteiger partial charge in [-0.3, -0.25) is 9.59 Å². The zero-order valence-corrected chi connectivity index (χ0v) is 18.1. The van der Waals surface area contributed by atoms with Gasteiger partial charge in [-0.2, -0.15) is 0 Å². The van der Waals surface area contributed by atoms with Crippen molar-refractivity contribution in [3.8, 4) is 5.75 Å². The van der Waals surface area contributed by atoms with Gasteiger partial charge >= 0.3 is 5.97 Å². The number of likely N-dealkylation sites (N-methyl/N-ethyl adjacent to an activating group) is 1. The molecule has 3 rings (SSSR count). The smallest absolute Gasteiger partial charge is 0.344 e. The minimum absolute atomic E-state index is 0.153. The van der Waals surface area contributed by atoms with E-state index < -0.39 is 18.0 Å². The van der Waals surface area contributed by atoms with Crippen LogP contribution in [-0.4, -0.2) is 49.0 Å². The summed E-state index contributed by atoms with van der Waals surface area (Å²) < 4.78 is 10.7. The second-order valence-electron chi connectivity index (χ2n) is 7.81. The number of carbonyl (C=O) groups excluding carboxylic acids is 3. The molecule has 0 spiro atoms. The maximum atomic E-state index is 12.4. The molecule has 1 aliphatic rings. The normalized spacial score (nSPS) is 13.1. The van der Waals surface area contributed by atoms with E-state index in [-0.39, 0.29) is 19.1 Å². The van der Waals surface area contributed by atoms with Gasteiger partial charge in [-0.05, 0) is 68.5 Å². The Labute approximate surface area is 182 Å². The fourth-order valence-corrected chi connectivity index (χ4v) is 3.50. The van der Waals surface area contributed by atoms with Gasteiger partial charge in [0, 0.05) is 12.7 Å². The van der Waals surface area contributed by atoms with E-state index in [1.165, 1.54) is 30.0 Å². The van der Waals surface area contributed by atoms with Crippen LogP contribution < -0.4 is 10.1 Å². The van der Waals surface area contributed by atoms with Crippen LogP contribution in [0.3, 0.4) is 0 Å². The lowest BCUT2D eigenvalue weighted by molar-refractivity contribution is -0.160. The number of benzene rings is 2. The topological polar surface area (TPSA) is 84.9 Å². The summed E-state index contributed by atoms with van der Waals surface area (Å²) in [4.78, 5) is 37.9. The maximum Gasteiger partial charge on any atom is 0.344 e. The monoisotopic (exact) mass is 424 g/mol. The zero-order chi connectivity index (χ0) is 22.4. The van der Waals surface area contributed by atoms with Crippen molar-refractivity contribution in [2.45, 2.75) is 39.2 Å². The van der Waals surface area contributed by atoms with Crippen molar-refractivity contribution < 1.29 is 23.9 Å². The van der Waals surface area contributed by atoms with Crippen molar-refractivity contribution in [2.75, 3.05) is 25.5 Å². The highest BCUT2D eigenvalue weighted by molar-refractivity contribution is 5.95. The molecule has 164 valence electrons. The molecule has 1 aliphatic carbocycles. The van der Waals surface area contributed by atoms with Gasteiger partial charge in [0.05, 0.1) is 6.54 Å². The Bertz CT molecular complexity index is 955. The van der Waals surface area contributed by atoms with Crippen LogP contribution in [0, 0.1) is 6.92 Å². The third kappa shape index (κ3) is 6.31. The molecule has 2 amide bonds. The van der Waals surface area contributed by atoms with Crippen LogP contribution in [-0.2, 0) is 32.0 Å². The Kier molecular flexibility index (Phi) is 7.28. The molecule has 0 radical (unpaired) electrons. The summed E-state index contributed by atoms with van der Waals surface area (Å²) in [6, 6.07) is 13.2. The minimum atomic E-state index is -1.02. The molecule has 31 heavy (non-hydrogen) atoms. The number of anilines is 1. The van der Waals surface area contributed by atoms with Crippen molar-refractivity contribution in [3.63, 3.8) is 0 Å². The van der Waals surface area contributed by atoms with Crippen molar-refractivity contribution in [1.82, 2.24) is 4.90 Å². The van der Waals surface area contributed by atoms with Gasteiger partial charge in [0.25, 0.3) is 5.91 Å². The molecule has 0 bridgehead atoms. The first kappa shape index (κ1) is 22.3. The lowest BCUT2D eigenvalue weighted by Crippen LogP contribution is -2.42. The number of aryl methyl sites for hydroxylation is 3. The molecule has 0 saturated heterocycles. The second kappa shape index (κ2) is 10.1. The molecule has 0 fully saturated rings. The molecule has 0 unspecified atom stereocenters. The highest BCUT2D eigenvalue weighted by Gasteiger charge is 2.23. The van der Waals surface area contributed by atoms with Crippen LogP contribution in [0.4, 0.5) is 5.69 Å². The first-order chi connectivity index (χ1) is 14.8. The Balaban J connectivity index is 1.42. The summed E-state index contributed by atoms with van der Waals surface area (Å²) in [5.41, 5.74) is 4.31. The number of ether oxygens (including phenoxy) is 2. The molecular formula is C24H28N2O5. The number of hydrogen-bond acceptors (Lipinski definition) is 5. The third-order valence-corrected chi connectivity index (χ3v) is 5.17. The van der Waals surface area contributed by atoms with E-state index in [0.717, 1.165) is 24.8 Å². The molecule has 2 aromatic carbocycles. The molecule has 7 heteroatoms. The van der Waals surface area contributed by atoms with Crippen molar-refractivity contribution in [3.05, 3.63) is 59.2 Å². The number of fused-ring (bicyclic) bond motifs is 1. The number of carbonyl (C=O) groups is 3. The highest BCUT2D eigenvalue weighted by Crippen LogP contribution is 2.26. The van der Waals surface area contributed by atoms with Crippen LogP contribution in [0.5, 0.6) is 5.75 Å². The number of esters is 1. The van der Waals surface area contributed by atoms with Crippen LogP contribution in [0.2, 0.25) is 0 Å². The van der Waals surface area contributed by atoms with Gasteiger partial charge in [-0.25, -0.2) is 4.79 Å². The molecule has 7 nitrogen and oxygen atoms in total. The first-order valence-corrected chi connectivity index (χ1v) is 10.4. The molecule has 1 N–H and O–H groups in total. The SMILES string of the molecule is Cc1ccc(NC(=O)CN(C)C(=O)[C@@H](C)OC(=O)COc2ccc3c(c2)CCC3)cc1. The van der Waals surface area contributed by atoms with Gasteiger partial charge in [-0.1, -0.05) is 23.8 Å². The van der Waals surface area contributed by atoms with Gasteiger partial charge in [-0.15, -0.1) is 0 Å². The van der Waals surface area contributed by atoms with E-state index in [1.54, 1.807) is 12.1 Å². The lowest BCUT2D eigenvalue weighted by atomic mass is 10.1. The van der Waals surface area contributed by atoms with Crippen molar-refractivity contribution in [2.24, 2.45) is 0 Å². The molecule has 0 saturated carbocycles. The minimum Gasteiger partial charge on any atom is -0.482 e. The Hall–Kier alpha value is -3.35. The van der Waals surface area contributed by atoms with Crippen molar-refractivity contribution >= 4 is 23.5 Å². The van der Waals surface area contributed by atoms with E-state index in [2.05, 4.69) is 5.32 Å². The summed E-state index contributed by atoms with van der Waals surface area (Å²) >= 11 is 0. The highest BCUT2D eigenvalue weighted by atomic mass is 16.6. The van der Waals surface area contributed by atoms with E-state index >= 15 is 0 Å². The van der Waals surface area contributed by atoms with Gasteiger partial charge in [0.15, 0.2) is 12.7 Å². The molecule has 0 aliphatic heterocycles. The standard InChI is InChI=1S/C24H28N2O5/c1-16-7-10-20(11-8-16)25-22(27)14-26(3)24(29)17(2)31-23(28)15-30-21-12-9-18-5-4-6-19(18)13-21/h7-13,17H,4-6,14-15H2,1-3H3,(H,25,27)/t17-/m1/s1. The van der Waals surface area contributed by atoms with Crippen LogP contribution in [0.15, 0.2) is 42.5 Å². The number of rotatable bonds is 8. The van der Waals surface area contributed by atoms with E-state index in [9.17, 15) is 14.4 Å². The molecule has 0 heterocycles.